The van der Waals surface area contributed by atoms with Gasteiger partial charge in [0.1, 0.15) is 10.7 Å². The second-order valence-electron chi connectivity index (χ2n) is 12.1. The van der Waals surface area contributed by atoms with Gasteiger partial charge in [-0.15, -0.1) is 0 Å². The van der Waals surface area contributed by atoms with Crippen molar-refractivity contribution in [1.29, 1.82) is 0 Å². The lowest BCUT2D eigenvalue weighted by Crippen LogP contribution is -2.45. The maximum atomic E-state index is 12.3. The molecule has 7 rings (SSSR count). The highest BCUT2D eigenvalue weighted by molar-refractivity contribution is 7.99. The largest absolute Gasteiger partial charge is 0.390 e. The van der Waals surface area contributed by atoms with Crippen LogP contribution in [-0.4, -0.2) is 63.7 Å². The van der Waals surface area contributed by atoms with E-state index >= 15 is 0 Å². The minimum absolute atomic E-state index is 0.0430. The summed E-state index contributed by atoms with van der Waals surface area (Å²) in [6.45, 7) is 2.31. The molecule has 1 aliphatic carbocycles. The molecule has 1 spiro atoms. The van der Waals surface area contributed by atoms with Gasteiger partial charge in [0.25, 0.3) is 5.91 Å². The second-order valence-corrected chi connectivity index (χ2v) is 13.6. The molecule has 1 aliphatic heterocycles. The van der Waals surface area contributed by atoms with E-state index in [1.54, 1.807) is 25.4 Å². The van der Waals surface area contributed by atoms with E-state index in [2.05, 4.69) is 34.5 Å². The van der Waals surface area contributed by atoms with Crippen molar-refractivity contribution in [1.82, 2.24) is 24.7 Å². The Morgan fingerprint density at radius 2 is 1.94 bits per heavy atom. The Kier molecular flexibility index (Phi) is 8.91. The number of fused-ring (bicyclic) bond motifs is 2. The van der Waals surface area contributed by atoms with Crippen LogP contribution in [0.4, 0.5) is 5.82 Å². The normalized spacial score (nSPS) is 16.9. The first kappa shape index (κ1) is 31.6. The maximum Gasteiger partial charge on any atom is 0.251 e. The zero-order valence-corrected chi connectivity index (χ0v) is 27.6. The number of rotatable bonds is 9. The number of nitrogens with one attached hydrogen (secondary N) is 1. The Morgan fingerprint density at radius 1 is 1.15 bits per heavy atom. The summed E-state index contributed by atoms with van der Waals surface area (Å²) in [7, 11) is 1.60. The fourth-order valence-corrected chi connectivity index (χ4v) is 7.90. The van der Waals surface area contributed by atoms with Gasteiger partial charge in [-0.2, -0.15) is 0 Å². The van der Waals surface area contributed by atoms with E-state index in [4.69, 9.17) is 37.0 Å². The summed E-state index contributed by atoms with van der Waals surface area (Å²) in [5.41, 5.74) is 12.8. The molecule has 0 bridgehead atoms. The van der Waals surface area contributed by atoms with Gasteiger partial charge in [0.15, 0.2) is 11.5 Å². The van der Waals surface area contributed by atoms with Gasteiger partial charge in [0.05, 0.1) is 30.1 Å². The summed E-state index contributed by atoms with van der Waals surface area (Å²) in [6, 6.07) is 17.8. The Morgan fingerprint density at radius 3 is 2.68 bits per heavy atom. The number of aliphatic hydroxyl groups excluding tert-OH is 1. The topological polar surface area (TPSA) is 131 Å². The van der Waals surface area contributed by atoms with Crippen LogP contribution in [0.2, 0.25) is 5.02 Å². The summed E-state index contributed by atoms with van der Waals surface area (Å²) in [6.07, 6.45) is 8.48. The highest BCUT2D eigenvalue weighted by atomic mass is 35.5. The highest BCUT2D eigenvalue weighted by Crippen LogP contribution is 2.51. The molecule has 242 valence electrons. The number of halogens is 1. The van der Waals surface area contributed by atoms with Gasteiger partial charge in [-0.3, -0.25) is 4.79 Å². The first-order chi connectivity index (χ1) is 22.9. The van der Waals surface area contributed by atoms with E-state index < -0.39 is 0 Å². The molecule has 0 unspecified atom stereocenters. The highest BCUT2D eigenvalue weighted by Gasteiger charge is 2.46. The van der Waals surface area contributed by atoms with E-state index in [1.807, 2.05) is 35.0 Å². The molecular weight excluding hydrogens is 634 g/mol. The molecule has 4 N–H and O–H groups in total. The number of carbonyl (C=O) groups excluding carboxylic acids is 1. The number of aromatic nitrogens is 4. The molecule has 3 aromatic heterocycles. The van der Waals surface area contributed by atoms with Crippen molar-refractivity contribution < 1.29 is 14.6 Å². The number of methoxy groups -OCH3 is 1. The fourth-order valence-electron chi connectivity index (χ4n) is 6.78. The van der Waals surface area contributed by atoms with Crippen molar-refractivity contribution in [2.45, 2.75) is 41.8 Å². The minimum atomic E-state index is -0.215. The number of nitrogens with two attached hydrogens (primary N) is 1. The van der Waals surface area contributed by atoms with Crippen molar-refractivity contribution in [3.05, 3.63) is 101 Å². The molecule has 1 fully saturated rings. The van der Waals surface area contributed by atoms with E-state index in [-0.39, 0.29) is 24.0 Å². The lowest BCUT2D eigenvalue weighted by Gasteiger charge is -2.42. The van der Waals surface area contributed by atoms with Gasteiger partial charge in [0, 0.05) is 61.2 Å². The third-order valence-electron chi connectivity index (χ3n) is 9.38. The maximum absolute atomic E-state index is 12.3. The van der Waals surface area contributed by atoms with E-state index in [9.17, 15) is 9.90 Å². The van der Waals surface area contributed by atoms with Crippen LogP contribution in [0.3, 0.4) is 0 Å². The van der Waals surface area contributed by atoms with Crippen LogP contribution in [0, 0.1) is 5.41 Å². The number of piperidine rings is 1. The van der Waals surface area contributed by atoms with E-state index in [0.29, 0.717) is 45.9 Å². The number of amides is 1. The number of pyridine rings is 1. The molecule has 0 radical (unpaired) electrons. The van der Waals surface area contributed by atoms with Crippen LogP contribution in [0.25, 0.3) is 16.9 Å². The number of hydrogen-bond donors (Lipinski definition) is 3. The molecular formula is C35H36ClN7O3S. The monoisotopic (exact) mass is 669 g/mol. The summed E-state index contributed by atoms with van der Waals surface area (Å²) in [4.78, 5) is 29.7. The van der Waals surface area contributed by atoms with Gasteiger partial charge in [-0.1, -0.05) is 59.8 Å². The van der Waals surface area contributed by atoms with E-state index in [0.717, 1.165) is 48.5 Å². The molecule has 12 heteroatoms. The summed E-state index contributed by atoms with van der Waals surface area (Å²) >= 11 is 8.25. The molecule has 5 aromatic rings. The fraction of sp³-hybridized carbons (Fsp3) is 0.314. The molecule has 1 amide bonds. The van der Waals surface area contributed by atoms with Gasteiger partial charge in [-0.25, -0.2) is 15.0 Å². The van der Waals surface area contributed by atoms with Gasteiger partial charge in [0.2, 0.25) is 0 Å². The van der Waals surface area contributed by atoms with Crippen molar-refractivity contribution >= 4 is 40.7 Å². The third kappa shape index (κ3) is 6.10. The predicted molar refractivity (Wildman–Crippen MR) is 183 cm³/mol. The number of benzene rings is 2. The van der Waals surface area contributed by atoms with Gasteiger partial charge >= 0.3 is 0 Å². The molecule has 47 heavy (non-hydrogen) atoms. The lowest BCUT2D eigenvalue weighted by atomic mass is 9.73. The quantitative estimate of drug-likeness (QED) is 0.179. The van der Waals surface area contributed by atoms with Gasteiger partial charge < -0.3 is 30.2 Å². The molecule has 0 saturated carbocycles. The lowest BCUT2D eigenvalue weighted by molar-refractivity contribution is 0.0937. The molecule has 2 aromatic carbocycles. The Hall–Kier alpha value is -4.00. The zero-order valence-electron chi connectivity index (χ0n) is 26.0. The molecule has 1 saturated heterocycles. The minimum Gasteiger partial charge on any atom is -0.390 e. The summed E-state index contributed by atoms with van der Waals surface area (Å²) in [5, 5.41) is 14.2. The number of carbonyl (C=O) groups is 1. The second kappa shape index (κ2) is 13.2. The van der Waals surface area contributed by atoms with Crippen LogP contribution in [-0.2, 0) is 17.8 Å². The number of hydrogen-bond acceptors (Lipinski definition) is 9. The molecule has 1 atom stereocenters. The van der Waals surface area contributed by atoms with Crippen LogP contribution >= 0.6 is 23.4 Å². The predicted octanol–water partition coefficient (Wildman–Crippen LogP) is 5.31. The average molecular weight is 670 g/mol. The number of ether oxygens (including phenoxy) is 1. The SMILES string of the molecule is COCCNC(=O)c1ccc(-c2cn3ccc(Sc4cnc(N5CCC6(CC5)Cc5ccccc5[C@H]6N)c(CO)n4)c(Cl)c3n2)cc1. The standard InChI is InChI=1S/C35H36ClN7O3S/c1-46-17-13-38-34(45)23-8-6-22(7-9-23)26-20-43-14-10-28(30(36)33(43)41-26)47-29-19-39-32(27(21-44)40-29)42-15-11-35(12-16-42)18-24-4-2-3-5-25(24)31(35)37/h2-10,14,19-20,31,44H,11-13,15-18,21,37H2,1H3,(H,38,45)/t31-/m1/s1. The van der Waals surface area contributed by atoms with Crippen molar-refractivity contribution in [3.8, 4) is 11.3 Å². The zero-order chi connectivity index (χ0) is 32.5. The smallest absolute Gasteiger partial charge is 0.251 e. The Bertz CT molecular complexity index is 1920. The molecule has 4 heterocycles. The van der Waals surface area contributed by atoms with Gasteiger partial charge in [-0.05, 0) is 54.0 Å². The molecule has 10 nitrogen and oxygen atoms in total. The number of anilines is 1. The molecule has 2 aliphatic rings. The van der Waals surface area contributed by atoms with E-state index in [1.165, 1.54) is 22.9 Å². The summed E-state index contributed by atoms with van der Waals surface area (Å²) in [5.74, 6) is 0.562. The number of imidazole rings is 1. The third-order valence-corrected chi connectivity index (χ3v) is 10.8. The summed E-state index contributed by atoms with van der Waals surface area (Å²) < 4.78 is 6.86. The van der Waals surface area contributed by atoms with Crippen LogP contribution in [0.1, 0.15) is 46.1 Å². The average Bonchev–Trinajstić information content (AvgIpc) is 3.66. The Balaban J connectivity index is 1.04. The number of nitrogens with zero attached hydrogens (tertiary/aromatic N) is 5. The first-order valence-corrected chi connectivity index (χ1v) is 16.9. The Labute approximate surface area is 282 Å². The number of aliphatic hydroxyl groups is 1. The van der Waals surface area contributed by atoms with Crippen LogP contribution in [0.5, 0.6) is 0 Å². The van der Waals surface area contributed by atoms with Crippen molar-refractivity contribution in [2.75, 3.05) is 38.3 Å². The first-order valence-electron chi connectivity index (χ1n) is 15.7. The van der Waals surface area contributed by atoms with Crippen molar-refractivity contribution in [2.24, 2.45) is 11.1 Å². The van der Waals surface area contributed by atoms with Crippen LogP contribution < -0.4 is 16.0 Å². The van der Waals surface area contributed by atoms with Crippen molar-refractivity contribution in [3.63, 3.8) is 0 Å². The van der Waals surface area contributed by atoms with Crippen LogP contribution in [0.15, 0.2) is 83.1 Å².